The molecule has 2 heterocycles. The van der Waals surface area contributed by atoms with Gasteiger partial charge in [0.05, 0.1) is 5.02 Å². The molecule has 2 saturated heterocycles. The van der Waals surface area contributed by atoms with E-state index in [0.29, 0.717) is 19.6 Å². The Morgan fingerprint density at radius 2 is 2.11 bits per heavy atom. The molecule has 2 fully saturated rings. The normalized spacial score (nSPS) is 26.1. The van der Waals surface area contributed by atoms with Crippen molar-refractivity contribution in [2.45, 2.75) is 38.8 Å². The molecule has 0 saturated carbocycles. The molecule has 0 aromatic heterocycles. The van der Waals surface area contributed by atoms with Crippen molar-refractivity contribution >= 4 is 35.1 Å². The third-order valence-corrected chi connectivity index (χ3v) is 5.72. The number of carbonyl (C=O) groups is 3. The number of hydrogen-bond acceptors (Lipinski definition) is 4. The molecule has 1 aromatic rings. The van der Waals surface area contributed by atoms with Crippen LogP contribution in [0.4, 0.5) is 14.9 Å². The molecule has 2 N–H and O–H groups in total. The Balaban J connectivity index is 1.63. The van der Waals surface area contributed by atoms with Crippen LogP contribution in [-0.4, -0.2) is 54.0 Å². The summed E-state index contributed by atoms with van der Waals surface area (Å²) in [6, 6.07) is 4.10. The first-order valence-corrected chi connectivity index (χ1v) is 9.62. The lowest BCUT2D eigenvalue weighted by atomic mass is 9.89. The number of carbonyl (C=O) groups excluding carboxylic acids is 3. The summed E-state index contributed by atoms with van der Waals surface area (Å²) in [5.74, 6) is -1.35. The minimum Gasteiger partial charge on any atom is -0.365 e. The van der Waals surface area contributed by atoms with Gasteiger partial charge in [-0.05, 0) is 38.5 Å². The molecule has 3 rings (SSSR count). The number of rotatable bonds is 4. The molecule has 152 valence electrons. The van der Waals surface area contributed by atoms with Crippen LogP contribution in [0.25, 0.3) is 0 Å². The number of hydrogen-bond donors (Lipinski definition) is 2. The van der Waals surface area contributed by atoms with Crippen LogP contribution >= 0.6 is 11.6 Å². The highest BCUT2D eigenvalue weighted by Gasteiger charge is 2.44. The van der Waals surface area contributed by atoms with Gasteiger partial charge in [0.1, 0.15) is 11.4 Å². The molecule has 2 aliphatic rings. The Morgan fingerprint density at radius 1 is 1.39 bits per heavy atom. The second-order valence-electron chi connectivity index (χ2n) is 7.77. The Morgan fingerprint density at radius 3 is 2.68 bits per heavy atom. The summed E-state index contributed by atoms with van der Waals surface area (Å²) in [5.41, 5.74) is -0.262. The van der Waals surface area contributed by atoms with E-state index in [2.05, 4.69) is 15.5 Å². The first-order valence-electron chi connectivity index (χ1n) is 9.25. The van der Waals surface area contributed by atoms with Crippen LogP contribution in [0.1, 0.15) is 27.2 Å². The van der Waals surface area contributed by atoms with Crippen molar-refractivity contribution in [3.8, 4) is 0 Å². The van der Waals surface area contributed by atoms with Crippen LogP contribution in [0.5, 0.6) is 0 Å². The van der Waals surface area contributed by atoms with E-state index in [4.69, 9.17) is 11.6 Å². The molecule has 1 aromatic carbocycles. The van der Waals surface area contributed by atoms with Gasteiger partial charge in [-0.25, -0.2) is 9.18 Å². The molecule has 0 unspecified atom stereocenters. The lowest BCUT2D eigenvalue weighted by Crippen LogP contribution is -2.55. The van der Waals surface area contributed by atoms with Crippen molar-refractivity contribution < 1.29 is 18.8 Å². The third kappa shape index (κ3) is 3.92. The van der Waals surface area contributed by atoms with Gasteiger partial charge in [0.15, 0.2) is 0 Å². The van der Waals surface area contributed by atoms with Gasteiger partial charge in [-0.3, -0.25) is 14.9 Å². The minimum atomic E-state index is -1.08. The van der Waals surface area contributed by atoms with Gasteiger partial charge in [0, 0.05) is 37.3 Å². The molecule has 0 radical (unpaired) electrons. The summed E-state index contributed by atoms with van der Waals surface area (Å²) in [6.45, 7) is 6.99. The number of nitrogens with one attached hydrogen (secondary N) is 2. The van der Waals surface area contributed by atoms with Gasteiger partial charge in [0.25, 0.3) is 5.91 Å². The van der Waals surface area contributed by atoms with Crippen LogP contribution < -0.4 is 15.5 Å². The maximum atomic E-state index is 13.4. The zero-order valence-electron chi connectivity index (χ0n) is 16.1. The molecule has 4 amide bonds. The highest BCUT2D eigenvalue weighted by molar-refractivity contribution is 6.31. The number of amides is 4. The fraction of sp³-hybridized carbons (Fsp3) is 0.526. The molecular weight excluding hydrogens is 387 g/mol. The number of nitrogens with zero attached hydrogens (tertiary/aromatic N) is 2. The highest BCUT2D eigenvalue weighted by Crippen LogP contribution is 2.27. The Hall–Kier alpha value is -2.35. The SMILES string of the molecule is C[C@@H](C[C@@]1(C)NC(=O)NC1=O)C(=O)N1CCN(c2ccc(F)c(Cl)c2)[C@@H](C)C1. The van der Waals surface area contributed by atoms with Gasteiger partial charge in [-0.15, -0.1) is 0 Å². The zero-order valence-corrected chi connectivity index (χ0v) is 16.8. The number of anilines is 1. The summed E-state index contributed by atoms with van der Waals surface area (Å²) in [4.78, 5) is 40.1. The summed E-state index contributed by atoms with van der Waals surface area (Å²) in [6.07, 6.45) is 0.228. The maximum absolute atomic E-state index is 13.4. The van der Waals surface area contributed by atoms with Crippen LogP contribution in [0.2, 0.25) is 5.02 Å². The Labute approximate surface area is 168 Å². The van der Waals surface area contributed by atoms with E-state index in [0.717, 1.165) is 5.69 Å². The van der Waals surface area contributed by atoms with Crippen LogP contribution in [0.15, 0.2) is 18.2 Å². The lowest BCUT2D eigenvalue weighted by Gasteiger charge is -2.42. The standard InChI is InChI=1S/C19H24ClFN4O3/c1-11(9-19(3)17(27)22-18(28)23-19)16(26)24-6-7-25(12(2)10-24)13-4-5-15(21)14(20)8-13/h4-5,8,11-12H,6-7,9-10H2,1-3H3,(H2,22,23,27,28)/t11-,12-,19+/m0/s1. The predicted molar refractivity (Wildman–Crippen MR) is 104 cm³/mol. The van der Waals surface area contributed by atoms with E-state index in [1.54, 1.807) is 30.9 Å². The summed E-state index contributed by atoms with van der Waals surface area (Å²) in [5, 5.41) is 4.88. The molecule has 7 nitrogen and oxygen atoms in total. The van der Waals surface area contributed by atoms with Crippen LogP contribution in [0.3, 0.4) is 0 Å². The number of benzene rings is 1. The molecule has 0 spiro atoms. The highest BCUT2D eigenvalue weighted by atomic mass is 35.5. The second-order valence-corrected chi connectivity index (χ2v) is 8.18. The van der Waals surface area contributed by atoms with Crippen molar-refractivity contribution in [1.82, 2.24) is 15.5 Å². The topological polar surface area (TPSA) is 81.8 Å². The lowest BCUT2D eigenvalue weighted by molar-refractivity contribution is -0.137. The molecular formula is C19H24ClFN4O3. The molecule has 0 aliphatic carbocycles. The average molecular weight is 411 g/mol. The first kappa shape index (κ1) is 20.4. The second kappa shape index (κ2) is 7.58. The number of imide groups is 1. The summed E-state index contributed by atoms with van der Waals surface area (Å²) >= 11 is 5.89. The summed E-state index contributed by atoms with van der Waals surface area (Å²) < 4.78 is 13.4. The van der Waals surface area contributed by atoms with E-state index in [-0.39, 0.29) is 23.4 Å². The molecule has 28 heavy (non-hydrogen) atoms. The molecule has 3 atom stereocenters. The summed E-state index contributed by atoms with van der Waals surface area (Å²) in [7, 11) is 0. The van der Waals surface area contributed by atoms with Gasteiger partial charge in [-0.2, -0.15) is 0 Å². The quantitative estimate of drug-likeness (QED) is 0.745. The van der Waals surface area contributed by atoms with Gasteiger partial charge in [0.2, 0.25) is 5.91 Å². The fourth-order valence-electron chi connectivity index (χ4n) is 3.94. The third-order valence-electron chi connectivity index (χ3n) is 5.43. The zero-order chi connectivity index (χ0) is 20.6. The Kier molecular flexibility index (Phi) is 5.52. The predicted octanol–water partition coefficient (Wildman–Crippen LogP) is 2.14. The average Bonchev–Trinajstić information content (AvgIpc) is 2.88. The number of piperazine rings is 1. The monoisotopic (exact) mass is 410 g/mol. The first-order chi connectivity index (χ1) is 13.1. The van der Waals surface area contributed by atoms with E-state index in [1.807, 2.05) is 6.92 Å². The van der Waals surface area contributed by atoms with Gasteiger partial charge >= 0.3 is 6.03 Å². The Bertz CT molecular complexity index is 820. The van der Waals surface area contributed by atoms with E-state index in [1.165, 1.54) is 6.07 Å². The smallest absolute Gasteiger partial charge is 0.322 e. The van der Waals surface area contributed by atoms with Gasteiger partial charge in [-0.1, -0.05) is 18.5 Å². The van der Waals surface area contributed by atoms with Crippen LogP contribution in [0, 0.1) is 11.7 Å². The molecule has 9 heteroatoms. The van der Waals surface area contributed by atoms with Crippen molar-refractivity contribution in [2.75, 3.05) is 24.5 Å². The largest absolute Gasteiger partial charge is 0.365 e. The van der Waals surface area contributed by atoms with E-state index < -0.39 is 29.2 Å². The van der Waals surface area contributed by atoms with Crippen molar-refractivity contribution in [1.29, 1.82) is 0 Å². The molecule has 0 bridgehead atoms. The minimum absolute atomic E-state index is 0.0245. The van der Waals surface area contributed by atoms with Gasteiger partial charge < -0.3 is 15.1 Å². The number of urea groups is 1. The van der Waals surface area contributed by atoms with Crippen molar-refractivity contribution in [3.63, 3.8) is 0 Å². The fourth-order valence-corrected chi connectivity index (χ4v) is 4.11. The van der Waals surface area contributed by atoms with E-state index in [9.17, 15) is 18.8 Å². The molecule has 2 aliphatic heterocycles. The number of halogens is 2. The van der Waals surface area contributed by atoms with Crippen molar-refractivity contribution in [3.05, 3.63) is 29.0 Å². The van der Waals surface area contributed by atoms with Crippen molar-refractivity contribution in [2.24, 2.45) is 5.92 Å². The maximum Gasteiger partial charge on any atom is 0.322 e. The van der Waals surface area contributed by atoms with E-state index >= 15 is 0 Å². The van der Waals surface area contributed by atoms with Crippen LogP contribution in [-0.2, 0) is 9.59 Å².